The van der Waals surface area contributed by atoms with Crippen LogP contribution in [0.5, 0.6) is 5.75 Å². The van der Waals surface area contributed by atoms with E-state index < -0.39 is 10.1 Å². The number of benzene rings is 1. The summed E-state index contributed by atoms with van der Waals surface area (Å²) in [6, 6.07) is 6.57. The first kappa shape index (κ1) is 9.02. The van der Waals surface area contributed by atoms with Gasteiger partial charge in [-0.1, -0.05) is 6.07 Å². The summed E-state index contributed by atoms with van der Waals surface area (Å²) < 4.78 is 34.7. The van der Waals surface area contributed by atoms with Gasteiger partial charge in [-0.05, 0) is 18.2 Å². The molecule has 0 aliphatic carbocycles. The van der Waals surface area contributed by atoms with E-state index in [1.165, 1.54) is 19.2 Å². The van der Waals surface area contributed by atoms with Crippen molar-refractivity contribution in [3.05, 3.63) is 24.3 Å². The standard InChI is InChI=1S/C7H7O4S/c1-11-6-4-2-3-5-7(6)12(8,9)10/h2,4-5H,1H3,(H,8,9,10). The SMILES string of the molecule is COc1cc[c]cc1S(=O)(=O)O. The van der Waals surface area contributed by atoms with Gasteiger partial charge in [0.2, 0.25) is 0 Å². The van der Waals surface area contributed by atoms with Gasteiger partial charge in [0.05, 0.1) is 7.11 Å². The Bertz CT molecular complexity index is 369. The molecule has 1 N–H and O–H groups in total. The summed E-state index contributed by atoms with van der Waals surface area (Å²) >= 11 is 0. The van der Waals surface area contributed by atoms with Crippen molar-refractivity contribution in [1.82, 2.24) is 0 Å². The van der Waals surface area contributed by atoms with Crippen LogP contribution in [-0.2, 0) is 10.1 Å². The van der Waals surface area contributed by atoms with E-state index in [1.807, 2.05) is 0 Å². The molecule has 0 unspecified atom stereocenters. The van der Waals surface area contributed by atoms with Crippen LogP contribution in [0.3, 0.4) is 0 Å². The molecule has 0 atom stereocenters. The van der Waals surface area contributed by atoms with E-state index >= 15 is 0 Å². The molecule has 0 aliphatic rings. The van der Waals surface area contributed by atoms with E-state index in [-0.39, 0.29) is 10.6 Å². The number of hydrogen-bond acceptors (Lipinski definition) is 3. The van der Waals surface area contributed by atoms with Crippen molar-refractivity contribution in [3.63, 3.8) is 0 Å². The third-order valence-electron chi connectivity index (χ3n) is 1.29. The van der Waals surface area contributed by atoms with Crippen molar-refractivity contribution < 1.29 is 17.7 Å². The molecule has 0 amide bonds. The van der Waals surface area contributed by atoms with Crippen molar-refractivity contribution in [3.8, 4) is 5.75 Å². The third-order valence-corrected chi connectivity index (χ3v) is 2.16. The molecule has 4 nitrogen and oxygen atoms in total. The lowest BCUT2D eigenvalue weighted by molar-refractivity contribution is 0.397. The predicted molar refractivity (Wildman–Crippen MR) is 41.6 cm³/mol. The molecule has 0 saturated heterocycles. The minimum atomic E-state index is -4.20. The zero-order valence-electron chi connectivity index (χ0n) is 6.31. The maximum absolute atomic E-state index is 10.7. The second-order valence-electron chi connectivity index (χ2n) is 2.05. The number of methoxy groups -OCH3 is 1. The Morgan fingerprint density at radius 3 is 2.67 bits per heavy atom. The van der Waals surface area contributed by atoms with E-state index in [9.17, 15) is 8.42 Å². The largest absolute Gasteiger partial charge is 0.495 e. The van der Waals surface area contributed by atoms with E-state index in [2.05, 4.69) is 6.07 Å². The first-order valence-electron chi connectivity index (χ1n) is 3.07. The summed E-state index contributed by atoms with van der Waals surface area (Å²) in [6.07, 6.45) is 0. The molecule has 1 rings (SSSR count). The van der Waals surface area contributed by atoms with Crippen LogP contribution < -0.4 is 4.74 Å². The van der Waals surface area contributed by atoms with Gasteiger partial charge in [0.15, 0.2) is 0 Å². The predicted octanol–water partition coefficient (Wildman–Crippen LogP) is 0.742. The highest BCUT2D eigenvalue weighted by Gasteiger charge is 2.14. The average molecular weight is 187 g/mol. The Labute approximate surface area is 70.5 Å². The molecule has 0 spiro atoms. The molecule has 1 aromatic rings. The molecular weight excluding hydrogens is 180 g/mol. The monoisotopic (exact) mass is 187 g/mol. The molecule has 5 heteroatoms. The molecule has 0 fully saturated rings. The van der Waals surface area contributed by atoms with Crippen molar-refractivity contribution >= 4 is 10.1 Å². The van der Waals surface area contributed by atoms with Crippen LogP contribution in [0.2, 0.25) is 0 Å². The van der Waals surface area contributed by atoms with Crippen molar-refractivity contribution in [2.24, 2.45) is 0 Å². The summed E-state index contributed by atoms with van der Waals surface area (Å²) in [6.45, 7) is 0. The fraction of sp³-hybridized carbons (Fsp3) is 0.143. The topological polar surface area (TPSA) is 63.6 Å². The van der Waals surface area contributed by atoms with Crippen LogP contribution >= 0.6 is 0 Å². The fourth-order valence-electron chi connectivity index (χ4n) is 0.771. The van der Waals surface area contributed by atoms with Gasteiger partial charge in [0.1, 0.15) is 10.6 Å². The molecule has 0 saturated carbocycles. The van der Waals surface area contributed by atoms with Crippen LogP contribution in [0.1, 0.15) is 0 Å². The minimum Gasteiger partial charge on any atom is -0.495 e. The molecule has 0 bridgehead atoms. The third kappa shape index (κ3) is 1.75. The van der Waals surface area contributed by atoms with Gasteiger partial charge in [-0.15, -0.1) is 0 Å². The number of hydrogen-bond donors (Lipinski definition) is 1. The summed E-state index contributed by atoms with van der Waals surface area (Å²) in [5.74, 6) is 0.108. The number of ether oxygens (including phenoxy) is 1. The zero-order chi connectivity index (χ0) is 9.19. The second kappa shape index (κ2) is 3.12. The van der Waals surface area contributed by atoms with Gasteiger partial charge in [-0.25, -0.2) is 0 Å². The minimum absolute atomic E-state index is 0.108. The van der Waals surface area contributed by atoms with E-state index in [1.54, 1.807) is 0 Å². The van der Waals surface area contributed by atoms with Gasteiger partial charge in [0.25, 0.3) is 10.1 Å². The van der Waals surface area contributed by atoms with Gasteiger partial charge in [-0.3, -0.25) is 4.55 Å². The van der Waals surface area contributed by atoms with Crippen LogP contribution in [0.15, 0.2) is 23.1 Å². The number of rotatable bonds is 2. The Morgan fingerprint density at radius 1 is 1.58 bits per heavy atom. The first-order valence-corrected chi connectivity index (χ1v) is 4.51. The summed E-state index contributed by atoms with van der Waals surface area (Å²) in [5.41, 5.74) is 0. The Morgan fingerprint density at radius 2 is 2.25 bits per heavy atom. The Balaban J connectivity index is 3.33. The maximum atomic E-state index is 10.7. The average Bonchev–Trinajstić information content (AvgIpc) is 2.03. The molecule has 1 aromatic carbocycles. The second-order valence-corrected chi connectivity index (χ2v) is 3.44. The molecule has 12 heavy (non-hydrogen) atoms. The molecule has 0 aliphatic heterocycles. The quantitative estimate of drug-likeness (QED) is 0.693. The van der Waals surface area contributed by atoms with Gasteiger partial charge in [0, 0.05) is 0 Å². The van der Waals surface area contributed by atoms with Gasteiger partial charge < -0.3 is 4.74 Å². The Hall–Kier alpha value is -1.07. The lowest BCUT2D eigenvalue weighted by Crippen LogP contribution is -2.00. The normalized spacial score (nSPS) is 11.2. The zero-order valence-corrected chi connectivity index (χ0v) is 7.13. The van der Waals surface area contributed by atoms with E-state index in [0.717, 1.165) is 6.07 Å². The highest BCUT2D eigenvalue weighted by atomic mass is 32.2. The summed E-state index contributed by atoms with van der Waals surface area (Å²) in [4.78, 5) is -0.271. The lowest BCUT2D eigenvalue weighted by atomic mass is 10.3. The van der Waals surface area contributed by atoms with Crippen LogP contribution in [0.25, 0.3) is 0 Å². The maximum Gasteiger partial charge on any atom is 0.298 e. The lowest BCUT2D eigenvalue weighted by Gasteiger charge is -2.03. The van der Waals surface area contributed by atoms with Crippen molar-refractivity contribution in [2.45, 2.75) is 4.90 Å². The van der Waals surface area contributed by atoms with Crippen LogP contribution in [-0.4, -0.2) is 20.1 Å². The smallest absolute Gasteiger partial charge is 0.298 e. The molecule has 65 valence electrons. The summed E-state index contributed by atoms with van der Waals surface area (Å²) in [7, 11) is -2.88. The Kier molecular flexibility index (Phi) is 2.35. The highest BCUT2D eigenvalue weighted by molar-refractivity contribution is 7.86. The highest BCUT2D eigenvalue weighted by Crippen LogP contribution is 2.21. The van der Waals surface area contributed by atoms with Gasteiger partial charge >= 0.3 is 0 Å². The molecule has 0 aromatic heterocycles. The first-order chi connectivity index (χ1) is 5.55. The van der Waals surface area contributed by atoms with Crippen LogP contribution in [0.4, 0.5) is 0 Å². The fourth-order valence-corrected chi connectivity index (χ4v) is 1.39. The van der Waals surface area contributed by atoms with Crippen LogP contribution in [0, 0.1) is 6.07 Å². The van der Waals surface area contributed by atoms with Crippen molar-refractivity contribution in [2.75, 3.05) is 7.11 Å². The molecule has 1 radical (unpaired) electrons. The van der Waals surface area contributed by atoms with E-state index in [4.69, 9.17) is 9.29 Å². The van der Waals surface area contributed by atoms with Crippen molar-refractivity contribution in [1.29, 1.82) is 0 Å². The van der Waals surface area contributed by atoms with Gasteiger partial charge in [-0.2, -0.15) is 8.42 Å². The molecular formula is C7H7O4S. The van der Waals surface area contributed by atoms with E-state index in [0.29, 0.717) is 0 Å². The summed E-state index contributed by atoms with van der Waals surface area (Å²) in [5, 5.41) is 0. The molecule has 0 heterocycles.